The largest absolute Gasteiger partial charge is 0.305 e. The SMILES string of the molecule is Cc1c(NC(=O)/C=C/c2c(F)cccc2F)n[nH]c1-c1ccncc1. The quantitative estimate of drug-likeness (QED) is 0.711. The van der Waals surface area contributed by atoms with E-state index in [2.05, 4.69) is 20.5 Å². The molecule has 0 aliphatic heterocycles. The molecule has 3 aromatic rings. The van der Waals surface area contributed by atoms with Gasteiger partial charge in [0.05, 0.1) is 5.69 Å². The van der Waals surface area contributed by atoms with Crippen molar-refractivity contribution in [2.24, 2.45) is 0 Å². The first-order valence-electron chi connectivity index (χ1n) is 7.44. The van der Waals surface area contributed by atoms with Crippen LogP contribution in [0.15, 0.2) is 48.8 Å². The summed E-state index contributed by atoms with van der Waals surface area (Å²) in [5, 5.41) is 9.49. The second-order valence-corrected chi connectivity index (χ2v) is 5.27. The van der Waals surface area contributed by atoms with Gasteiger partial charge in [0.15, 0.2) is 5.82 Å². The third-order valence-electron chi connectivity index (χ3n) is 3.62. The minimum absolute atomic E-state index is 0.270. The number of aromatic nitrogens is 3. The van der Waals surface area contributed by atoms with Crippen LogP contribution in [0.1, 0.15) is 11.1 Å². The van der Waals surface area contributed by atoms with E-state index in [0.717, 1.165) is 41.1 Å². The van der Waals surface area contributed by atoms with Crippen molar-refractivity contribution in [3.05, 3.63) is 71.6 Å². The molecule has 25 heavy (non-hydrogen) atoms. The molecular weight excluding hydrogens is 326 g/mol. The molecule has 0 saturated carbocycles. The zero-order valence-corrected chi connectivity index (χ0v) is 13.3. The maximum absolute atomic E-state index is 13.5. The highest BCUT2D eigenvalue weighted by Gasteiger charge is 2.12. The summed E-state index contributed by atoms with van der Waals surface area (Å²) in [4.78, 5) is 15.9. The average Bonchev–Trinajstić information content (AvgIpc) is 2.96. The minimum atomic E-state index is -0.736. The molecule has 0 fully saturated rings. The summed E-state index contributed by atoms with van der Waals surface area (Å²) < 4.78 is 27.1. The van der Waals surface area contributed by atoms with Crippen LogP contribution in [0.3, 0.4) is 0 Å². The van der Waals surface area contributed by atoms with Crippen LogP contribution >= 0.6 is 0 Å². The molecule has 0 aliphatic carbocycles. The van der Waals surface area contributed by atoms with Crippen LogP contribution in [-0.4, -0.2) is 21.1 Å². The minimum Gasteiger partial charge on any atom is -0.305 e. The van der Waals surface area contributed by atoms with E-state index in [1.807, 2.05) is 12.1 Å². The normalized spacial score (nSPS) is 11.0. The Morgan fingerprint density at radius 3 is 2.52 bits per heavy atom. The Bertz CT molecular complexity index is 915. The number of carbonyl (C=O) groups is 1. The van der Waals surface area contributed by atoms with Gasteiger partial charge in [0.2, 0.25) is 5.91 Å². The molecule has 3 rings (SSSR count). The number of carbonyl (C=O) groups excluding carboxylic acids is 1. The Kier molecular flexibility index (Phi) is 4.65. The Morgan fingerprint density at radius 1 is 1.16 bits per heavy atom. The predicted octanol–water partition coefficient (Wildman–Crippen LogP) is 3.71. The molecule has 0 spiro atoms. The molecule has 0 unspecified atom stereocenters. The van der Waals surface area contributed by atoms with E-state index in [1.54, 1.807) is 19.3 Å². The first-order valence-corrected chi connectivity index (χ1v) is 7.44. The molecule has 2 N–H and O–H groups in total. The fourth-order valence-corrected chi connectivity index (χ4v) is 2.31. The number of hydrogen-bond acceptors (Lipinski definition) is 3. The highest BCUT2D eigenvalue weighted by atomic mass is 19.1. The van der Waals surface area contributed by atoms with Crippen LogP contribution in [0, 0.1) is 18.6 Å². The second kappa shape index (κ2) is 7.04. The molecule has 2 aromatic heterocycles. The predicted molar refractivity (Wildman–Crippen MR) is 90.6 cm³/mol. The number of aromatic amines is 1. The summed E-state index contributed by atoms with van der Waals surface area (Å²) in [6, 6.07) is 7.13. The maximum atomic E-state index is 13.5. The van der Waals surface area contributed by atoms with E-state index in [4.69, 9.17) is 0 Å². The van der Waals surface area contributed by atoms with Gasteiger partial charge in [-0.15, -0.1) is 0 Å². The Hall–Kier alpha value is -3.35. The number of nitrogens with one attached hydrogen (secondary N) is 2. The van der Waals surface area contributed by atoms with Crippen molar-refractivity contribution in [3.8, 4) is 11.3 Å². The molecule has 1 aromatic carbocycles. The van der Waals surface area contributed by atoms with E-state index in [9.17, 15) is 13.6 Å². The molecule has 0 saturated heterocycles. The molecular formula is C18H14F2N4O. The van der Waals surface area contributed by atoms with Gasteiger partial charge in [-0.25, -0.2) is 8.78 Å². The summed E-state index contributed by atoms with van der Waals surface area (Å²) >= 11 is 0. The third kappa shape index (κ3) is 3.60. The van der Waals surface area contributed by atoms with Crippen LogP contribution < -0.4 is 5.32 Å². The van der Waals surface area contributed by atoms with Crippen molar-refractivity contribution in [1.29, 1.82) is 0 Å². The number of H-pyrrole nitrogens is 1. The standard InChI is InChI=1S/C18H14F2N4O/c1-11-17(12-7-9-21-10-8-12)23-24-18(11)22-16(25)6-5-13-14(19)3-2-4-15(13)20/h2-10H,1H3,(H2,22,23,24,25)/b6-5+. The molecule has 7 heteroatoms. The van der Waals surface area contributed by atoms with Crippen LogP contribution in [0.2, 0.25) is 0 Å². The summed E-state index contributed by atoms with van der Waals surface area (Å²) in [5.41, 5.74) is 2.10. The third-order valence-corrected chi connectivity index (χ3v) is 3.62. The van der Waals surface area contributed by atoms with Crippen LogP contribution in [0.5, 0.6) is 0 Å². The van der Waals surface area contributed by atoms with Crippen LogP contribution in [-0.2, 0) is 4.79 Å². The van der Waals surface area contributed by atoms with E-state index in [0.29, 0.717) is 5.82 Å². The van der Waals surface area contributed by atoms with Gasteiger partial charge in [0.1, 0.15) is 11.6 Å². The molecule has 2 heterocycles. The monoisotopic (exact) mass is 340 g/mol. The summed E-state index contributed by atoms with van der Waals surface area (Å²) in [5.74, 6) is -1.67. The zero-order chi connectivity index (χ0) is 17.8. The highest BCUT2D eigenvalue weighted by Crippen LogP contribution is 2.25. The topological polar surface area (TPSA) is 70.7 Å². The Balaban J connectivity index is 1.76. The van der Waals surface area contributed by atoms with Crippen molar-refractivity contribution < 1.29 is 13.6 Å². The maximum Gasteiger partial charge on any atom is 0.249 e. The van der Waals surface area contributed by atoms with Crippen molar-refractivity contribution in [3.63, 3.8) is 0 Å². The summed E-state index contributed by atoms with van der Waals surface area (Å²) in [6.45, 7) is 1.80. The lowest BCUT2D eigenvalue weighted by molar-refractivity contribution is -0.111. The number of pyridine rings is 1. The fourth-order valence-electron chi connectivity index (χ4n) is 2.31. The molecule has 0 aliphatic rings. The van der Waals surface area contributed by atoms with Gasteiger partial charge in [0.25, 0.3) is 0 Å². The molecule has 0 atom stereocenters. The van der Waals surface area contributed by atoms with Crippen molar-refractivity contribution in [2.45, 2.75) is 6.92 Å². The number of nitrogens with zero attached hydrogens (tertiary/aromatic N) is 2. The lowest BCUT2D eigenvalue weighted by atomic mass is 10.1. The second-order valence-electron chi connectivity index (χ2n) is 5.27. The number of amides is 1. The lowest BCUT2D eigenvalue weighted by Crippen LogP contribution is -2.09. The number of anilines is 1. The lowest BCUT2D eigenvalue weighted by Gasteiger charge is -2.01. The molecule has 0 radical (unpaired) electrons. The number of rotatable bonds is 4. The van der Waals surface area contributed by atoms with Gasteiger partial charge in [0, 0.05) is 35.2 Å². The molecule has 0 bridgehead atoms. The fraction of sp³-hybridized carbons (Fsp3) is 0.0556. The number of benzene rings is 1. The average molecular weight is 340 g/mol. The van der Waals surface area contributed by atoms with Gasteiger partial charge >= 0.3 is 0 Å². The van der Waals surface area contributed by atoms with E-state index in [1.165, 1.54) is 6.07 Å². The van der Waals surface area contributed by atoms with E-state index >= 15 is 0 Å². The van der Waals surface area contributed by atoms with Gasteiger partial charge in [-0.05, 0) is 37.3 Å². The van der Waals surface area contributed by atoms with Gasteiger partial charge in [-0.2, -0.15) is 5.10 Å². The van der Waals surface area contributed by atoms with E-state index in [-0.39, 0.29) is 5.56 Å². The zero-order valence-electron chi connectivity index (χ0n) is 13.3. The molecule has 126 valence electrons. The molecule has 5 nitrogen and oxygen atoms in total. The smallest absolute Gasteiger partial charge is 0.249 e. The van der Waals surface area contributed by atoms with Crippen LogP contribution in [0.25, 0.3) is 17.3 Å². The van der Waals surface area contributed by atoms with Crippen molar-refractivity contribution >= 4 is 17.8 Å². The van der Waals surface area contributed by atoms with Crippen molar-refractivity contribution in [2.75, 3.05) is 5.32 Å². The Labute approximate surface area is 142 Å². The first-order chi connectivity index (χ1) is 12.1. The van der Waals surface area contributed by atoms with Crippen LogP contribution in [0.4, 0.5) is 14.6 Å². The van der Waals surface area contributed by atoms with Gasteiger partial charge in [-0.3, -0.25) is 14.9 Å². The Morgan fingerprint density at radius 2 is 1.84 bits per heavy atom. The highest BCUT2D eigenvalue weighted by molar-refractivity contribution is 6.02. The van der Waals surface area contributed by atoms with Crippen molar-refractivity contribution in [1.82, 2.24) is 15.2 Å². The molecule has 1 amide bonds. The number of halogens is 2. The van der Waals surface area contributed by atoms with E-state index < -0.39 is 17.5 Å². The number of hydrogen-bond donors (Lipinski definition) is 2. The van der Waals surface area contributed by atoms with Gasteiger partial charge < -0.3 is 5.32 Å². The first kappa shape index (κ1) is 16.5. The summed E-state index contributed by atoms with van der Waals surface area (Å²) in [7, 11) is 0. The summed E-state index contributed by atoms with van der Waals surface area (Å²) in [6.07, 6.45) is 5.45. The van der Waals surface area contributed by atoms with Gasteiger partial charge in [-0.1, -0.05) is 6.07 Å².